The van der Waals surface area contributed by atoms with Gasteiger partial charge in [0, 0.05) is 14.1 Å². The average molecular weight is 245 g/mol. The van der Waals surface area contributed by atoms with Gasteiger partial charge < -0.3 is 4.90 Å². The molecule has 0 heterocycles. The molecule has 0 bridgehead atoms. The molecule has 0 aromatic heterocycles. The number of benzene rings is 1. The maximum absolute atomic E-state index is 13.6. The highest BCUT2D eigenvalue weighted by atomic mass is 19.2. The van der Waals surface area contributed by atoms with E-state index in [2.05, 4.69) is 0 Å². The minimum Gasteiger partial charge on any atom is -0.345 e. The Kier molecular flexibility index (Phi) is 3.80. The van der Waals surface area contributed by atoms with Crippen LogP contribution in [0.3, 0.4) is 0 Å². The van der Waals surface area contributed by atoms with Crippen molar-refractivity contribution < 1.29 is 18.0 Å². The zero-order valence-electron chi connectivity index (χ0n) is 10.1. The molecule has 0 saturated carbocycles. The number of amides is 1. The third-order valence-electron chi connectivity index (χ3n) is 2.43. The number of nitrogens with zero attached hydrogens (tertiary/aromatic N) is 1. The summed E-state index contributed by atoms with van der Waals surface area (Å²) in [6.07, 6.45) is 0. The first-order valence-corrected chi connectivity index (χ1v) is 5.16. The van der Waals surface area contributed by atoms with Gasteiger partial charge in [0.15, 0.2) is 11.6 Å². The maximum Gasteiger partial charge on any atom is 0.259 e. The van der Waals surface area contributed by atoms with E-state index < -0.39 is 28.9 Å². The van der Waals surface area contributed by atoms with Crippen molar-refractivity contribution in [2.75, 3.05) is 14.1 Å². The molecule has 17 heavy (non-hydrogen) atoms. The second-order valence-corrected chi connectivity index (χ2v) is 4.30. The van der Waals surface area contributed by atoms with Crippen LogP contribution in [0.2, 0.25) is 0 Å². The second-order valence-electron chi connectivity index (χ2n) is 4.30. The predicted molar refractivity (Wildman–Crippen MR) is 58.4 cm³/mol. The molecule has 5 heteroatoms. The van der Waals surface area contributed by atoms with Gasteiger partial charge in [0.2, 0.25) is 0 Å². The summed E-state index contributed by atoms with van der Waals surface area (Å²) in [5, 5.41) is 0. The number of hydrogen-bond donors (Lipinski definition) is 0. The van der Waals surface area contributed by atoms with Crippen LogP contribution in [-0.2, 0) is 0 Å². The minimum absolute atomic E-state index is 0.0738. The fourth-order valence-corrected chi connectivity index (χ4v) is 1.45. The Balaban J connectivity index is 3.46. The molecule has 0 aliphatic carbocycles. The Hall–Kier alpha value is -1.52. The summed E-state index contributed by atoms with van der Waals surface area (Å²) < 4.78 is 40.8. The zero-order valence-corrected chi connectivity index (χ0v) is 10.1. The highest BCUT2D eigenvalue weighted by molar-refractivity contribution is 5.94. The summed E-state index contributed by atoms with van der Waals surface area (Å²) in [6.45, 7) is 3.23. The van der Waals surface area contributed by atoms with E-state index in [1.807, 2.05) is 0 Å². The SMILES string of the molecule is CC(C)c1cc(F)c(C(=O)N(C)C)c(F)c1F. The Morgan fingerprint density at radius 1 is 1.18 bits per heavy atom. The van der Waals surface area contributed by atoms with Crippen LogP contribution in [0, 0.1) is 17.5 Å². The van der Waals surface area contributed by atoms with Gasteiger partial charge >= 0.3 is 0 Å². The second kappa shape index (κ2) is 4.77. The van der Waals surface area contributed by atoms with E-state index >= 15 is 0 Å². The van der Waals surface area contributed by atoms with Crippen molar-refractivity contribution in [2.24, 2.45) is 0 Å². The van der Waals surface area contributed by atoms with Crippen LogP contribution in [-0.4, -0.2) is 24.9 Å². The summed E-state index contributed by atoms with van der Waals surface area (Å²) >= 11 is 0. The average Bonchev–Trinajstić information content (AvgIpc) is 2.22. The molecular weight excluding hydrogens is 231 g/mol. The smallest absolute Gasteiger partial charge is 0.259 e. The third-order valence-corrected chi connectivity index (χ3v) is 2.43. The van der Waals surface area contributed by atoms with E-state index in [0.717, 1.165) is 11.0 Å². The molecule has 0 atom stereocenters. The lowest BCUT2D eigenvalue weighted by Crippen LogP contribution is -2.25. The third kappa shape index (κ3) is 2.43. The van der Waals surface area contributed by atoms with Gasteiger partial charge in [-0.25, -0.2) is 13.2 Å². The van der Waals surface area contributed by atoms with Gasteiger partial charge in [0.25, 0.3) is 5.91 Å². The highest BCUT2D eigenvalue weighted by Crippen LogP contribution is 2.26. The largest absolute Gasteiger partial charge is 0.345 e. The number of rotatable bonds is 2. The van der Waals surface area contributed by atoms with Crippen molar-refractivity contribution in [2.45, 2.75) is 19.8 Å². The van der Waals surface area contributed by atoms with Crippen LogP contribution >= 0.6 is 0 Å². The van der Waals surface area contributed by atoms with Crippen LogP contribution in [0.4, 0.5) is 13.2 Å². The lowest BCUT2D eigenvalue weighted by Gasteiger charge is -2.15. The Morgan fingerprint density at radius 2 is 1.71 bits per heavy atom. The van der Waals surface area contributed by atoms with E-state index in [1.165, 1.54) is 14.1 Å². The first kappa shape index (κ1) is 13.5. The predicted octanol–water partition coefficient (Wildman–Crippen LogP) is 2.93. The Morgan fingerprint density at radius 3 is 2.12 bits per heavy atom. The first-order valence-electron chi connectivity index (χ1n) is 5.16. The summed E-state index contributed by atoms with van der Waals surface area (Å²) in [5.74, 6) is -4.87. The molecule has 0 aliphatic heterocycles. The van der Waals surface area contributed by atoms with Gasteiger partial charge in [0.1, 0.15) is 11.4 Å². The van der Waals surface area contributed by atoms with Crippen molar-refractivity contribution >= 4 is 5.91 Å². The van der Waals surface area contributed by atoms with Crippen molar-refractivity contribution in [1.29, 1.82) is 0 Å². The molecule has 1 aromatic rings. The fraction of sp³-hybridized carbons (Fsp3) is 0.417. The molecule has 0 spiro atoms. The van der Waals surface area contributed by atoms with Crippen LogP contribution in [0.15, 0.2) is 6.07 Å². The number of hydrogen-bond acceptors (Lipinski definition) is 1. The molecule has 1 amide bonds. The van der Waals surface area contributed by atoms with Crippen LogP contribution in [0.5, 0.6) is 0 Å². The molecule has 2 nitrogen and oxygen atoms in total. The molecule has 0 radical (unpaired) electrons. The van der Waals surface area contributed by atoms with Crippen LogP contribution in [0.25, 0.3) is 0 Å². The van der Waals surface area contributed by atoms with Crippen molar-refractivity contribution in [3.8, 4) is 0 Å². The van der Waals surface area contributed by atoms with Gasteiger partial charge in [-0.2, -0.15) is 0 Å². The molecule has 94 valence electrons. The monoisotopic (exact) mass is 245 g/mol. The van der Waals surface area contributed by atoms with E-state index in [-0.39, 0.29) is 11.5 Å². The van der Waals surface area contributed by atoms with Gasteiger partial charge in [0.05, 0.1) is 0 Å². The van der Waals surface area contributed by atoms with Crippen LogP contribution < -0.4 is 0 Å². The topological polar surface area (TPSA) is 20.3 Å². The van der Waals surface area contributed by atoms with Gasteiger partial charge in [-0.1, -0.05) is 13.8 Å². The Bertz CT molecular complexity index is 456. The molecule has 0 saturated heterocycles. The molecular formula is C12H14F3NO. The standard InChI is InChI=1S/C12H14F3NO/c1-6(2)7-5-8(13)9(11(15)10(7)14)12(17)16(3)4/h5-6H,1-4H3. The van der Waals surface area contributed by atoms with Crippen LogP contribution in [0.1, 0.15) is 35.7 Å². The molecule has 1 rings (SSSR count). The summed E-state index contributed by atoms with van der Waals surface area (Å²) in [5.41, 5.74) is -0.924. The van der Waals surface area contributed by atoms with E-state index in [4.69, 9.17) is 0 Å². The molecule has 1 aromatic carbocycles. The number of carbonyl (C=O) groups excluding carboxylic acids is 1. The summed E-state index contributed by atoms with van der Waals surface area (Å²) in [7, 11) is 2.69. The van der Waals surface area contributed by atoms with Crippen molar-refractivity contribution in [3.05, 3.63) is 34.6 Å². The molecule has 0 N–H and O–H groups in total. The molecule has 0 fully saturated rings. The number of halogens is 3. The lowest BCUT2D eigenvalue weighted by molar-refractivity contribution is 0.0816. The zero-order chi connectivity index (χ0) is 13.3. The lowest BCUT2D eigenvalue weighted by atomic mass is 9.99. The van der Waals surface area contributed by atoms with Gasteiger partial charge in [-0.15, -0.1) is 0 Å². The van der Waals surface area contributed by atoms with Gasteiger partial charge in [-0.3, -0.25) is 4.79 Å². The van der Waals surface area contributed by atoms with Crippen molar-refractivity contribution in [3.63, 3.8) is 0 Å². The van der Waals surface area contributed by atoms with E-state index in [1.54, 1.807) is 13.8 Å². The molecule has 0 unspecified atom stereocenters. The highest BCUT2D eigenvalue weighted by Gasteiger charge is 2.25. The minimum atomic E-state index is -1.42. The maximum atomic E-state index is 13.6. The van der Waals surface area contributed by atoms with E-state index in [9.17, 15) is 18.0 Å². The Labute approximate surface area is 98.0 Å². The molecule has 0 aliphatic rings. The number of carbonyl (C=O) groups is 1. The fourth-order valence-electron chi connectivity index (χ4n) is 1.45. The van der Waals surface area contributed by atoms with Crippen molar-refractivity contribution in [1.82, 2.24) is 4.90 Å². The normalized spacial score (nSPS) is 10.8. The summed E-state index contributed by atoms with van der Waals surface area (Å²) in [4.78, 5) is 12.5. The van der Waals surface area contributed by atoms with E-state index in [0.29, 0.717) is 0 Å². The summed E-state index contributed by atoms with van der Waals surface area (Å²) in [6, 6.07) is 0.875. The quantitative estimate of drug-likeness (QED) is 0.733. The van der Waals surface area contributed by atoms with Gasteiger partial charge in [-0.05, 0) is 17.5 Å². The first-order chi connectivity index (χ1) is 7.77.